The van der Waals surface area contributed by atoms with Gasteiger partial charge in [-0.15, -0.1) is 11.8 Å². The van der Waals surface area contributed by atoms with E-state index in [-0.39, 0.29) is 10.4 Å². The van der Waals surface area contributed by atoms with Gasteiger partial charge in [0.2, 0.25) is 0 Å². The van der Waals surface area contributed by atoms with Crippen molar-refractivity contribution in [1.29, 1.82) is 0 Å². The molecule has 1 nitrogen and oxygen atoms in total. The molecular formula is C11H14F3NS. The van der Waals surface area contributed by atoms with E-state index in [0.717, 1.165) is 12.1 Å². The third kappa shape index (κ3) is 3.96. The second-order valence-electron chi connectivity index (χ2n) is 4.50. The maximum atomic E-state index is 12.5. The number of hydrogen-bond acceptors (Lipinski definition) is 2. The van der Waals surface area contributed by atoms with Crippen molar-refractivity contribution >= 4 is 17.4 Å². The number of benzene rings is 1. The Labute approximate surface area is 97.2 Å². The van der Waals surface area contributed by atoms with Crippen molar-refractivity contribution in [3.63, 3.8) is 0 Å². The van der Waals surface area contributed by atoms with Crippen LogP contribution in [0.4, 0.5) is 18.9 Å². The monoisotopic (exact) mass is 249 g/mol. The standard InChI is InChI=1S/C11H14F3NS/c1-10(2,3)16-9-5-7(11(12,13)14)4-8(15)6-9/h4-6H,15H2,1-3H3. The topological polar surface area (TPSA) is 26.0 Å². The molecule has 0 unspecified atom stereocenters. The molecule has 0 fully saturated rings. The highest BCUT2D eigenvalue weighted by atomic mass is 32.2. The first-order chi connectivity index (χ1) is 7.08. The van der Waals surface area contributed by atoms with Crippen molar-refractivity contribution in [2.75, 3.05) is 5.73 Å². The van der Waals surface area contributed by atoms with Gasteiger partial charge >= 0.3 is 6.18 Å². The molecule has 1 aromatic carbocycles. The van der Waals surface area contributed by atoms with Gasteiger partial charge in [0.15, 0.2) is 0 Å². The van der Waals surface area contributed by atoms with Crippen LogP contribution in [0.25, 0.3) is 0 Å². The van der Waals surface area contributed by atoms with E-state index < -0.39 is 11.7 Å². The van der Waals surface area contributed by atoms with Crippen LogP contribution < -0.4 is 5.73 Å². The molecule has 0 aliphatic carbocycles. The maximum Gasteiger partial charge on any atom is 0.416 e. The zero-order valence-electron chi connectivity index (χ0n) is 9.35. The molecule has 1 rings (SSSR count). The maximum absolute atomic E-state index is 12.5. The summed E-state index contributed by atoms with van der Waals surface area (Å²) in [6, 6.07) is 3.64. The number of nitrogen functional groups attached to an aromatic ring is 1. The normalized spacial score (nSPS) is 12.9. The van der Waals surface area contributed by atoms with Crippen LogP contribution in [0, 0.1) is 0 Å². The van der Waals surface area contributed by atoms with Crippen LogP contribution in [0.3, 0.4) is 0 Å². The highest BCUT2D eigenvalue weighted by Crippen LogP contribution is 2.37. The number of rotatable bonds is 1. The van der Waals surface area contributed by atoms with Crippen LogP contribution in [0.5, 0.6) is 0 Å². The molecule has 16 heavy (non-hydrogen) atoms. The first-order valence-electron chi connectivity index (χ1n) is 4.75. The smallest absolute Gasteiger partial charge is 0.399 e. The van der Waals surface area contributed by atoms with Crippen LogP contribution >= 0.6 is 11.8 Å². The molecule has 0 saturated carbocycles. The van der Waals surface area contributed by atoms with Gasteiger partial charge in [-0.3, -0.25) is 0 Å². The number of halogens is 3. The van der Waals surface area contributed by atoms with Gasteiger partial charge in [-0.25, -0.2) is 0 Å². The minimum atomic E-state index is -4.34. The Morgan fingerprint density at radius 2 is 1.62 bits per heavy atom. The molecule has 0 aromatic heterocycles. The fourth-order valence-corrected chi connectivity index (χ4v) is 2.29. The summed E-state index contributed by atoms with van der Waals surface area (Å²) in [6.07, 6.45) is -4.34. The van der Waals surface area contributed by atoms with Crippen LogP contribution in [-0.2, 0) is 6.18 Å². The van der Waals surface area contributed by atoms with Gasteiger partial charge in [0, 0.05) is 15.3 Å². The lowest BCUT2D eigenvalue weighted by Gasteiger charge is -2.19. The van der Waals surface area contributed by atoms with Crippen molar-refractivity contribution in [3.8, 4) is 0 Å². The van der Waals surface area contributed by atoms with E-state index in [1.54, 1.807) is 6.07 Å². The van der Waals surface area contributed by atoms with Gasteiger partial charge in [-0.05, 0) is 18.2 Å². The molecule has 0 radical (unpaired) electrons. The summed E-state index contributed by atoms with van der Waals surface area (Å²) >= 11 is 1.37. The number of alkyl halides is 3. The Morgan fingerprint density at radius 3 is 2.06 bits per heavy atom. The van der Waals surface area contributed by atoms with Crippen LogP contribution in [0.1, 0.15) is 26.3 Å². The second kappa shape index (κ2) is 4.20. The van der Waals surface area contributed by atoms with Crippen LogP contribution in [0.15, 0.2) is 23.1 Å². The fraction of sp³-hybridized carbons (Fsp3) is 0.455. The average molecular weight is 249 g/mol. The Kier molecular flexibility index (Phi) is 3.47. The van der Waals surface area contributed by atoms with Crippen LogP contribution in [0.2, 0.25) is 0 Å². The summed E-state index contributed by atoms with van der Waals surface area (Å²) < 4.78 is 37.4. The molecule has 0 bridgehead atoms. The third-order valence-corrected chi connectivity index (χ3v) is 2.76. The molecule has 0 saturated heterocycles. The lowest BCUT2D eigenvalue weighted by molar-refractivity contribution is -0.137. The molecular weight excluding hydrogens is 235 g/mol. The lowest BCUT2D eigenvalue weighted by Crippen LogP contribution is -2.09. The van der Waals surface area contributed by atoms with Gasteiger partial charge in [-0.1, -0.05) is 20.8 Å². The second-order valence-corrected chi connectivity index (χ2v) is 6.40. The average Bonchev–Trinajstić information content (AvgIpc) is 1.97. The molecule has 90 valence electrons. The molecule has 0 aliphatic heterocycles. The van der Waals surface area contributed by atoms with Gasteiger partial charge in [0.1, 0.15) is 0 Å². The highest BCUT2D eigenvalue weighted by Gasteiger charge is 2.31. The molecule has 0 aliphatic rings. The zero-order chi connectivity index (χ0) is 12.6. The van der Waals surface area contributed by atoms with E-state index in [9.17, 15) is 13.2 Å². The van der Waals surface area contributed by atoms with Crippen molar-refractivity contribution < 1.29 is 13.2 Å². The van der Waals surface area contributed by atoms with Crippen LogP contribution in [-0.4, -0.2) is 4.75 Å². The minimum Gasteiger partial charge on any atom is -0.399 e. The van der Waals surface area contributed by atoms with Crippen molar-refractivity contribution in [3.05, 3.63) is 23.8 Å². The van der Waals surface area contributed by atoms with Crippen molar-refractivity contribution in [2.24, 2.45) is 0 Å². The van der Waals surface area contributed by atoms with E-state index in [4.69, 9.17) is 5.73 Å². The van der Waals surface area contributed by atoms with Gasteiger partial charge in [-0.2, -0.15) is 13.2 Å². The Bertz CT molecular complexity index is 380. The molecule has 0 spiro atoms. The zero-order valence-corrected chi connectivity index (χ0v) is 10.2. The SMILES string of the molecule is CC(C)(C)Sc1cc(N)cc(C(F)(F)F)c1. The molecule has 5 heteroatoms. The van der Waals surface area contributed by atoms with Gasteiger partial charge in [0.25, 0.3) is 0 Å². The third-order valence-electron chi connectivity index (χ3n) is 1.68. The summed E-state index contributed by atoms with van der Waals surface area (Å²) in [5, 5.41) is 0. The van der Waals surface area contributed by atoms with Gasteiger partial charge in [0.05, 0.1) is 5.56 Å². The van der Waals surface area contributed by atoms with Crippen molar-refractivity contribution in [1.82, 2.24) is 0 Å². The van der Waals surface area contributed by atoms with Gasteiger partial charge < -0.3 is 5.73 Å². The number of anilines is 1. The largest absolute Gasteiger partial charge is 0.416 e. The number of hydrogen-bond donors (Lipinski definition) is 1. The Balaban J connectivity index is 3.09. The molecule has 1 aromatic rings. The first-order valence-corrected chi connectivity index (χ1v) is 5.56. The molecule has 2 N–H and O–H groups in total. The van der Waals surface area contributed by atoms with E-state index in [1.807, 2.05) is 20.8 Å². The lowest BCUT2D eigenvalue weighted by atomic mass is 10.2. The first kappa shape index (κ1) is 13.2. The Morgan fingerprint density at radius 1 is 1.06 bits per heavy atom. The fourth-order valence-electron chi connectivity index (χ4n) is 1.20. The summed E-state index contributed by atoms with van der Waals surface area (Å²) in [7, 11) is 0. The quantitative estimate of drug-likeness (QED) is 0.597. The highest BCUT2D eigenvalue weighted by molar-refractivity contribution is 8.00. The number of nitrogens with two attached hydrogens (primary N) is 1. The molecule has 0 atom stereocenters. The summed E-state index contributed by atoms with van der Waals surface area (Å²) in [4.78, 5) is 0.542. The Hall–Kier alpha value is -0.840. The van der Waals surface area contributed by atoms with Crippen molar-refractivity contribution in [2.45, 2.75) is 36.6 Å². The summed E-state index contributed by atoms with van der Waals surface area (Å²) in [6.45, 7) is 5.82. The molecule has 0 amide bonds. The minimum absolute atomic E-state index is 0.140. The van der Waals surface area contributed by atoms with E-state index in [2.05, 4.69) is 0 Å². The summed E-state index contributed by atoms with van der Waals surface area (Å²) in [5.41, 5.74) is 4.91. The summed E-state index contributed by atoms with van der Waals surface area (Å²) in [5.74, 6) is 0. The molecule has 0 heterocycles. The van der Waals surface area contributed by atoms with E-state index in [0.29, 0.717) is 4.90 Å². The predicted molar refractivity (Wildman–Crippen MR) is 61.5 cm³/mol. The van der Waals surface area contributed by atoms with E-state index >= 15 is 0 Å². The predicted octanol–water partition coefficient (Wildman–Crippen LogP) is 4.18. The van der Waals surface area contributed by atoms with E-state index in [1.165, 1.54) is 11.8 Å². The number of thioether (sulfide) groups is 1.